The summed E-state index contributed by atoms with van der Waals surface area (Å²) in [6.45, 7) is 4.00. The Morgan fingerprint density at radius 1 is 0.600 bits per heavy atom. The lowest BCUT2D eigenvalue weighted by molar-refractivity contribution is 0.426. The maximum atomic E-state index is 9.59. The predicted molar refractivity (Wildman–Crippen MR) is 127 cm³/mol. The zero-order valence-corrected chi connectivity index (χ0v) is 17.2. The van der Waals surface area contributed by atoms with Gasteiger partial charge in [-0.1, -0.05) is 86.6 Å². The first-order valence-electron chi connectivity index (χ1n) is 10.3. The molecule has 0 atom stereocenters. The van der Waals surface area contributed by atoms with E-state index in [0.29, 0.717) is 5.46 Å². The maximum absolute atomic E-state index is 9.59. The molecule has 0 radical (unpaired) electrons. The molecule has 0 spiro atoms. The number of rotatable bonds is 3. The first-order valence-corrected chi connectivity index (χ1v) is 10.3. The number of nitrogens with zero attached hydrogens (tertiary/aromatic N) is 1. The predicted octanol–water partition coefficient (Wildman–Crippen LogP) is 5.16. The van der Waals surface area contributed by atoms with Gasteiger partial charge in [-0.05, 0) is 40.9 Å². The van der Waals surface area contributed by atoms with Gasteiger partial charge in [0.05, 0.1) is 11.0 Å². The van der Waals surface area contributed by atoms with E-state index < -0.39 is 7.12 Å². The van der Waals surface area contributed by atoms with Gasteiger partial charge in [0.2, 0.25) is 0 Å². The van der Waals surface area contributed by atoms with Crippen LogP contribution in [0.15, 0.2) is 97.1 Å². The Bertz CT molecular complexity index is 1290. The van der Waals surface area contributed by atoms with Crippen molar-refractivity contribution in [1.82, 2.24) is 4.57 Å². The lowest BCUT2D eigenvalue weighted by Gasteiger charge is -2.10. The first kappa shape index (κ1) is 20.0. The van der Waals surface area contributed by atoms with Crippen molar-refractivity contribution in [2.24, 2.45) is 0 Å². The molecule has 0 amide bonds. The lowest BCUT2D eigenvalue weighted by Crippen LogP contribution is -2.29. The Hall–Kier alpha value is -3.34. The van der Waals surface area contributed by atoms with E-state index in [0.717, 1.165) is 33.1 Å². The average molecular weight is 393 g/mol. The van der Waals surface area contributed by atoms with Crippen LogP contribution in [0.25, 0.3) is 38.6 Å². The molecular weight excluding hydrogens is 369 g/mol. The Labute approximate surface area is 177 Å². The van der Waals surface area contributed by atoms with Gasteiger partial charge in [-0.3, -0.25) is 0 Å². The molecule has 0 bridgehead atoms. The van der Waals surface area contributed by atoms with E-state index in [4.69, 9.17) is 0 Å². The fourth-order valence-electron chi connectivity index (χ4n) is 3.88. The van der Waals surface area contributed by atoms with Crippen molar-refractivity contribution in [1.29, 1.82) is 0 Å². The molecule has 3 nitrogen and oxygen atoms in total. The van der Waals surface area contributed by atoms with E-state index in [1.807, 2.05) is 56.3 Å². The van der Waals surface area contributed by atoms with Crippen LogP contribution in [0.5, 0.6) is 0 Å². The summed E-state index contributed by atoms with van der Waals surface area (Å²) in [5, 5.41) is 21.3. The highest BCUT2D eigenvalue weighted by molar-refractivity contribution is 6.59. The van der Waals surface area contributed by atoms with Crippen LogP contribution in [0, 0.1) is 0 Å². The standard InChI is InChI=1S/C24H18BNO2.C2H6/c27-25(28)19-13-14-24-22(16-19)21-11-4-5-12-23(21)26(24)20-10-6-9-18(15-20)17-7-2-1-3-8-17;1-2/h1-16,27-28H;1-2H3. The molecule has 0 saturated carbocycles. The number of hydrogen-bond acceptors (Lipinski definition) is 2. The smallest absolute Gasteiger partial charge is 0.423 e. The molecule has 2 N–H and O–H groups in total. The third-order valence-electron chi connectivity index (χ3n) is 5.21. The second kappa shape index (κ2) is 8.58. The highest BCUT2D eigenvalue weighted by Gasteiger charge is 2.16. The molecule has 1 heterocycles. The van der Waals surface area contributed by atoms with Gasteiger partial charge in [0, 0.05) is 16.5 Å². The molecule has 5 aromatic rings. The Morgan fingerprint density at radius 2 is 1.27 bits per heavy atom. The molecule has 0 aliphatic rings. The van der Waals surface area contributed by atoms with Crippen LogP contribution in [0.1, 0.15) is 13.8 Å². The molecule has 0 saturated heterocycles. The summed E-state index contributed by atoms with van der Waals surface area (Å²) in [7, 11) is -1.48. The molecule has 5 rings (SSSR count). The molecular formula is C26H24BNO2. The molecule has 4 heteroatoms. The molecule has 0 aliphatic carbocycles. The third kappa shape index (κ3) is 3.52. The van der Waals surface area contributed by atoms with Gasteiger partial charge in [-0.2, -0.15) is 0 Å². The van der Waals surface area contributed by atoms with E-state index in [1.165, 1.54) is 5.56 Å². The van der Waals surface area contributed by atoms with Gasteiger partial charge >= 0.3 is 7.12 Å². The van der Waals surface area contributed by atoms with Crippen molar-refractivity contribution < 1.29 is 10.0 Å². The molecule has 4 aromatic carbocycles. The van der Waals surface area contributed by atoms with E-state index >= 15 is 0 Å². The number of benzene rings is 4. The van der Waals surface area contributed by atoms with Crippen molar-refractivity contribution in [3.63, 3.8) is 0 Å². The molecule has 148 valence electrons. The van der Waals surface area contributed by atoms with Crippen molar-refractivity contribution in [2.75, 3.05) is 0 Å². The van der Waals surface area contributed by atoms with Crippen molar-refractivity contribution in [3.8, 4) is 16.8 Å². The Kier molecular flexibility index (Phi) is 5.71. The monoisotopic (exact) mass is 393 g/mol. The van der Waals surface area contributed by atoms with Gasteiger partial charge in [-0.15, -0.1) is 0 Å². The Morgan fingerprint density at radius 3 is 2.03 bits per heavy atom. The fraction of sp³-hybridized carbons (Fsp3) is 0.0769. The summed E-state index contributed by atoms with van der Waals surface area (Å²) in [6, 6.07) is 32.6. The zero-order chi connectivity index (χ0) is 21.1. The SMILES string of the molecule is CC.OB(O)c1ccc2c(c1)c1ccccc1n2-c1cccc(-c2ccccc2)c1. The van der Waals surface area contributed by atoms with Gasteiger partial charge in [0.1, 0.15) is 0 Å². The third-order valence-corrected chi connectivity index (χ3v) is 5.21. The van der Waals surface area contributed by atoms with Crippen molar-refractivity contribution in [2.45, 2.75) is 13.8 Å². The van der Waals surface area contributed by atoms with Crippen molar-refractivity contribution >= 4 is 34.4 Å². The maximum Gasteiger partial charge on any atom is 0.488 e. The van der Waals surface area contributed by atoms with Crippen LogP contribution in [0.4, 0.5) is 0 Å². The van der Waals surface area contributed by atoms with Gasteiger partial charge in [-0.25, -0.2) is 0 Å². The molecule has 30 heavy (non-hydrogen) atoms. The van der Waals surface area contributed by atoms with Crippen LogP contribution in [0.3, 0.4) is 0 Å². The van der Waals surface area contributed by atoms with Gasteiger partial charge < -0.3 is 14.6 Å². The topological polar surface area (TPSA) is 45.4 Å². The lowest BCUT2D eigenvalue weighted by atomic mass is 9.80. The summed E-state index contributed by atoms with van der Waals surface area (Å²) in [6.07, 6.45) is 0. The van der Waals surface area contributed by atoms with Crippen LogP contribution >= 0.6 is 0 Å². The van der Waals surface area contributed by atoms with Crippen LogP contribution in [-0.2, 0) is 0 Å². The summed E-state index contributed by atoms with van der Waals surface area (Å²) < 4.78 is 2.23. The summed E-state index contributed by atoms with van der Waals surface area (Å²) in [4.78, 5) is 0. The number of hydrogen-bond donors (Lipinski definition) is 2. The number of aromatic nitrogens is 1. The van der Waals surface area contributed by atoms with Crippen LogP contribution in [-0.4, -0.2) is 21.7 Å². The highest BCUT2D eigenvalue weighted by atomic mass is 16.4. The first-order chi connectivity index (χ1) is 14.7. The number of para-hydroxylation sites is 1. The summed E-state index contributed by atoms with van der Waals surface area (Å²) >= 11 is 0. The molecule has 0 fully saturated rings. The van der Waals surface area contributed by atoms with E-state index in [-0.39, 0.29) is 0 Å². The number of fused-ring (bicyclic) bond motifs is 3. The minimum atomic E-state index is -1.48. The minimum Gasteiger partial charge on any atom is -0.423 e. The van der Waals surface area contributed by atoms with Crippen molar-refractivity contribution in [3.05, 3.63) is 97.1 Å². The van der Waals surface area contributed by atoms with E-state index in [1.54, 1.807) is 6.07 Å². The summed E-state index contributed by atoms with van der Waals surface area (Å²) in [5.74, 6) is 0. The second-order valence-electron chi connectivity index (χ2n) is 6.92. The molecule has 0 unspecified atom stereocenters. The van der Waals surface area contributed by atoms with Gasteiger partial charge in [0.25, 0.3) is 0 Å². The quantitative estimate of drug-likeness (QED) is 0.416. The summed E-state index contributed by atoms with van der Waals surface area (Å²) in [5.41, 5.74) is 6.03. The van der Waals surface area contributed by atoms with Gasteiger partial charge in [0.15, 0.2) is 0 Å². The molecule has 1 aromatic heterocycles. The van der Waals surface area contributed by atoms with E-state index in [2.05, 4.69) is 53.1 Å². The Balaban J connectivity index is 0.00000106. The fourth-order valence-corrected chi connectivity index (χ4v) is 3.88. The second-order valence-corrected chi connectivity index (χ2v) is 6.92. The average Bonchev–Trinajstić information content (AvgIpc) is 3.15. The van der Waals surface area contributed by atoms with Crippen LogP contribution in [0.2, 0.25) is 0 Å². The zero-order valence-electron chi connectivity index (χ0n) is 17.2. The minimum absolute atomic E-state index is 0.494. The van der Waals surface area contributed by atoms with E-state index in [9.17, 15) is 10.0 Å². The molecule has 0 aliphatic heterocycles. The van der Waals surface area contributed by atoms with Crippen LogP contribution < -0.4 is 5.46 Å². The highest BCUT2D eigenvalue weighted by Crippen LogP contribution is 2.32. The largest absolute Gasteiger partial charge is 0.488 e. The normalized spacial score (nSPS) is 10.7.